The molecular formula is C25H26FN7O2. The minimum atomic E-state index is -0.527. The number of aryl methyl sites for hydroxylation is 1. The first-order chi connectivity index (χ1) is 16.9. The zero-order valence-corrected chi connectivity index (χ0v) is 19.8. The van der Waals surface area contributed by atoms with Gasteiger partial charge < -0.3 is 19.2 Å². The highest BCUT2D eigenvalue weighted by Gasteiger charge is 2.26. The lowest BCUT2D eigenvalue weighted by Gasteiger charge is -2.14. The van der Waals surface area contributed by atoms with E-state index in [-0.39, 0.29) is 17.4 Å². The van der Waals surface area contributed by atoms with Crippen molar-refractivity contribution in [3.63, 3.8) is 0 Å². The van der Waals surface area contributed by atoms with Crippen LogP contribution in [0.3, 0.4) is 0 Å². The minimum Gasteiger partial charge on any atom is -0.383 e. The van der Waals surface area contributed by atoms with Crippen molar-refractivity contribution >= 4 is 11.6 Å². The van der Waals surface area contributed by atoms with E-state index in [1.807, 2.05) is 29.2 Å². The fraction of sp³-hybridized carbons (Fsp3) is 0.320. The summed E-state index contributed by atoms with van der Waals surface area (Å²) < 4.78 is 23.7. The lowest BCUT2D eigenvalue weighted by Crippen LogP contribution is -2.16. The van der Waals surface area contributed by atoms with Crippen molar-refractivity contribution in [2.75, 3.05) is 19.0 Å². The number of ether oxygens (including phenoxy) is 1. The molecule has 10 heteroatoms. The molecule has 0 saturated heterocycles. The van der Waals surface area contributed by atoms with Crippen LogP contribution >= 0.6 is 0 Å². The maximum Gasteiger partial charge on any atom is 0.274 e. The van der Waals surface area contributed by atoms with Crippen LogP contribution in [0.1, 0.15) is 53.5 Å². The largest absolute Gasteiger partial charge is 0.383 e. The summed E-state index contributed by atoms with van der Waals surface area (Å²) in [4.78, 5) is 22.0. The van der Waals surface area contributed by atoms with Gasteiger partial charge in [-0.1, -0.05) is 6.07 Å². The highest BCUT2D eigenvalue weighted by atomic mass is 19.1. The van der Waals surface area contributed by atoms with E-state index in [1.165, 1.54) is 6.07 Å². The molecular weight excluding hydrogens is 449 g/mol. The number of pyridine rings is 1. The van der Waals surface area contributed by atoms with E-state index in [9.17, 15) is 9.18 Å². The van der Waals surface area contributed by atoms with Crippen LogP contribution in [0.5, 0.6) is 0 Å². The smallest absolute Gasteiger partial charge is 0.274 e. The van der Waals surface area contributed by atoms with Crippen LogP contribution in [0.2, 0.25) is 0 Å². The summed E-state index contributed by atoms with van der Waals surface area (Å²) in [5.74, 6) is -0.0235. The Labute approximate surface area is 202 Å². The number of hydrogen-bond acceptors (Lipinski definition) is 6. The van der Waals surface area contributed by atoms with E-state index in [0.29, 0.717) is 24.0 Å². The SMILES string of the molecule is COCC(C)n1cnnc1-c1cccc(C(=O)Nc2cc(-n3cnc(C4CC4)c3)c(C)cc2F)n1. The number of rotatable bonds is 8. The number of amides is 1. The van der Waals surface area contributed by atoms with Gasteiger partial charge in [0.2, 0.25) is 0 Å². The fourth-order valence-electron chi connectivity index (χ4n) is 4.04. The van der Waals surface area contributed by atoms with E-state index in [4.69, 9.17) is 4.74 Å². The molecule has 0 spiro atoms. The molecule has 1 aliphatic rings. The van der Waals surface area contributed by atoms with Gasteiger partial charge in [-0.3, -0.25) is 4.79 Å². The average Bonchev–Trinajstić information content (AvgIpc) is 3.37. The number of carbonyl (C=O) groups is 1. The number of methoxy groups -OCH3 is 1. The Morgan fingerprint density at radius 1 is 1.29 bits per heavy atom. The first-order valence-corrected chi connectivity index (χ1v) is 11.5. The van der Waals surface area contributed by atoms with Gasteiger partial charge >= 0.3 is 0 Å². The summed E-state index contributed by atoms with van der Waals surface area (Å²) in [5, 5.41) is 10.8. The topological polar surface area (TPSA) is 99.8 Å². The molecule has 1 atom stereocenters. The molecule has 1 fully saturated rings. The number of nitrogens with one attached hydrogen (secondary N) is 1. The van der Waals surface area contributed by atoms with E-state index in [2.05, 4.69) is 25.5 Å². The fourth-order valence-corrected chi connectivity index (χ4v) is 4.04. The summed E-state index contributed by atoms with van der Waals surface area (Å²) in [6.07, 6.45) is 7.59. The highest BCUT2D eigenvalue weighted by molar-refractivity contribution is 6.03. The molecule has 1 amide bonds. The van der Waals surface area contributed by atoms with Crippen molar-refractivity contribution in [3.05, 3.63) is 72.0 Å². The van der Waals surface area contributed by atoms with Gasteiger partial charge in [0.1, 0.15) is 23.5 Å². The number of nitrogens with zero attached hydrogens (tertiary/aromatic N) is 6. The van der Waals surface area contributed by atoms with Crippen LogP contribution < -0.4 is 5.32 Å². The molecule has 3 aromatic heterocycles. The summed E-state index contributed by atoms with van der Waals surface area (Å²) in [5.41, 5.74) is 3.22. The van der Waals surface area contributed by atoms with Crippen LogP contribution in [-0.2, 0) is 4.74 Å². The van der Waals surface area contributed by atoms with Crippen molar-refractivity contribution in [2.24, 2.45) is 0 Å². The first-order valence-electron chi connectivity index (χ1n) is 11.5. The highest BCUT2D eigenvalue weighted by Crippen LogP contribution is 2.39. The van der Waals surface area contributed by atoms with Gasteiger partial charge in [-0.25, -0.2) is 14.4 Å². The van der Waals surface area contributed by atoms with Crippen molar-refractivity contribution < 1.29 is 13.9 Å². The zero-order chi connectivity index (χ0) is 24.5. The van der Waals surface area contributed by atoms with Gasteiger partial charge in [0.15, 0.2) is 5.82 Å². The lowest BCUT2D eigenvalue weighted by molar-refractivity contribution is 0.102. The van der Waals surface area contributed by atoms with Crippen molar-refractivity contribution in [2.45, 2.75) is 38.6 Å². The Kier molecular flexibility index (Phi) is 6.12. The maximum absolute atomic E-state index is 14.8. The molecule has 0 aliphatic heterocycles. The molecule has 5 rings (SSSR count). The number of carbonyl (C=O) groups excluding carboxylic acids is 1. The molecule has 1 unspecified atom stereocenters. The number of imidazole rings is 1. The molecule has 4 aromatic rings. The Bertz CT molecular complexity index is 1380. The molecule has 1 N–H and O–H groups in total. The Morgan fingerprint density at radius 3 is 2.89 bits per heavy atom. The second kappa shape index (κ2) is 9.38. The molecule has 3 heterocycles. The molecule has 35 heavy (non-hydrogen) atoms. The second-order valence-electron chi connectivity index (χ2n) is 8.83. The van der Waals surface area contributed by atoms with Gasteiger partial charge in [-0.05, 0) is 56.5 Å². The van der Waals surface area contributed by atoms with Crippen LogP contribution in [-0.4, -0.2) is 48.9 Å². The molecule has 9 nitrogen and oxygen atoms in total. The third-order valence-electron chi connectivity index (χ3n) is 6.08. The minimum absolute atomic E-state index is 0.0204. The number of benzene rings is 1. The molecule has 0 radical (unpaired) electrons. The number of hydrogen-bond donors (Lipinski definition) is 1. The average molecular weight is 476 g/mol. The standard InChI is InChI=1S/C25H26FN7O2/c1-15-9-18(26)21(10-23(15)32-11-22(27-13-32)17-7-8-17)30-25(34)20-6-4-5-19(29-20)24-31-28-14-33(24)16(2)12-35-3/h4-6,9-11,13-14,16-17H,7-8,12H2,1-3H3,(H,30,34). The van der Waals surface area contributed by atoms with E-state index >= 15 is 0 Å². The maximum atomic E-state index is 14.8. The van der Waals surface area contributed by atoms with Crippen LogP contribution in [0.15, 0.2) is 49.2 Å². The van der Waals surface area contributed by atoms with Gasteiger partial charge in [0, 0.05) is 19.2 Å². The predicted octanol–water partition coefficient (Wildman–Crippen LogP) is 4.31. The molecule has 1 saturated carbocycles. The quantitative estimate of drug-likeness (QED) is 0.408. The third-order valence-corrected chi connectivity index (χ3v) is 6.08. The van der Waals surface area contributed by atoms with Crippen molar-refractivity contribution in [1.29, 1.82) is 0 Å². The van der Waals surface area contributed by atoms with E-state index in [0.717, 1.165) is 29.8 Å². The summed E-state index contributed by atoms with van der Waals surface area (Å²) >= 11 is 0. The van der Waals surface area contributed by atoms with Gasteiger partial charge in [-0.2, -0.15) is 0 Å². The van der Waals surface area contributed by atoms with E-state index in [1.54, 1.807) is 44.0 Å². The van der Waals surface area contributed by atoms with Crippen molar-refractivity contribution in [3.8, 4) is 17.2 Å². The molecule has 180 valence electrons. The van der Waals surface area contributed by atoms with Crippen LogP contribution in [0, 0.1) is 12.7 Å². The van der Waals surface area contributed by atoms with Crippen LogP contribution in [0.4, 0.5) is 10.1 Å². The summed E-state index contributed by atoms with van der Waals surface area (Å²) in [6, 6.07) is 8.03. The summed E-state index contributed by atoms with van der Waals surface area (Å²) in [6.45, 7) is 4.27. The van der Waals surface area contributed by atoms with Gasteiger partial charge in [-0.15, -0.1) is 10.2 Å². The number of halogens is 1. The molecule has 0 bridgehead atoms. The van der Waals surface area contributed by atoms with Crippen LogP contribution in [0.25, 0.3) is 17.2 Å². The number of aromatic nitrogens is 6. The lowest BCUT2D eigenvalue weighted by atomic mass is 10.1. The van der Waals surface area contributed by atoms with Gasteiger partial charge in [0.25, 0.3) is 5.91 Å². The Morgan fingerprint density at radius 2 is 2.11 bits per heavy atom. The monoisotopic (exact) mass is 475 g/mol. The number of anilines is 1. The Hall–Kier alpha value is -3.92. The predicted molar refractivity (Wildman–Crippen MR) is 128 cm³/mol. The summed E-state index contributed by atoms with van der Waals surface area (Å²) in [7, 11) is 1.62. The first kappa shape index (κ1) is 22.9. The van der Waals surface area contributed by atoms with Gasteiger partial charge in [0.05, 0.1) is 36.0 Å². The van der Waals surface area contributed by atoms with E-state index < -0.39 is 11.7 Å². The Balaban J connectivity index is 1.40. The molecule has 1 aromatic carbocycles. The third kappa shape index (κ3) is 4.69. The van der Waals surface area contributed by atoms with Crippen molar-refractivity contribution in [1.82, 2.24) is 29.3 Å². The zero-order valence-electron chi connectivity index (χ0n) is 19.8. The molecule has 1 aliphatic carbocycles. The normalized spacial score (nSPS) is 14.2. The second-order valence-corrected chi connectivity index (χ2v) is 8.83.